The Labute approximate surface area is 118 Å². The van der Waals surface area contributed by atoms with Gasteiger partial charge in [0.05, 0.1) is 6.54 Å². The maximum atomic E-state index is 12.5. The number of benzene rings is 1. The number of rotatable bonds is 7. The Bertz CT molecular complexity index is 378. The minimum atomic E-state index is -4.16. The molecule has 20 heavy (non-hydrogen) atoms. The van der Waals surface area contributed by atoms with Gasteiger partial charge in [-0.15, -0.1) is 0 Å². The molecule has 1 aromatic carbocycles. The Kier molecular flexibility index (Phi) is 6.49. The molecule has 2 unspecified atom stereocenters. The van der Waals surface area contributed by atoms with Crippen LogP contribution in [0.5, 0.6) is 0 Å². The molecule has 0 saturated carbocycles. The summed E-state index contributed by atoms with van der Waals surface area (Å²) in [5, 5.41) is 0. The van der Waals surface area contributed by atoms with Gasteiger partial charge in [-0.1, -0.05) is 44.2 Å². The fourth-order valence-electron chi connectivity index (χ4n) is 2.33. The predicted octanol–water partition coefficient (Wildman–Crippen LogP) is 3.60. The van der Waals surface area contributed by atoms with Crippen LogP contribution in [0.2, 0.25) is 0 Å². The van der Waals surface area contributed by atoms with E-state index in [0.29, 0.717) is 19.5 Å². The molecule has 0 heterocycles. The fraction of sp³-hybridized carbons (Fsp3) is 0.600. The molecule has 0 spiro atoms. The molecule has 1 aromatic rings. The van der Waals surface area contributed by atoms with Gasteiger partial charge in [0, 0.05) is 12.6 Å². The van der Waals surface area contributed by atoms with E-state index in [1.165, 1.54) is 4.90 Å². The Morgan fingerprint density at radius 3 is 2.30 bits per heavy atom. The maximum absolute atomic E-state index is 12.5. The highest BCUT2D eigenvalue weighted by Gasteiger charge is 2.31. The molecule has 0 radical (unpaired) electrons. The van der Waals surface area contributed by atoms with Gasteiger partial charge in [0.1, 0.15) is 0 Å². The third-order valence-electron chi connectivity index (χ3n) is 3.29. The Balaban J connectivity index is 2.63. The van der Waals surface area contributed by atoms with Crippen molar-refractivity contribution >= 4 is 0 Å². The molecule has 0 aliphatic rings. The lowest BCUT2D eigenvalue weighted by Crippen LogP contribution is -2.39. The van der Waals surface area contributed by atoms with Crippen molar-refractivity contribution in [3.05, 3.63) is 35.9 Å². The van der Waals surface area contributed by atoms with Crippen molar-refractivity contribution in [2.75, 3.05) is 19.6 Å². The standard InChI is InChI=1S/C15H23F3N2/c1-3-9-20(11-15(16,17)18)10-12(2)14(19)13-7-5-4-6-8-13/h4-8,12,14H,3,9-11,19H2,1-2H3. The molecule has 1 rings (SSSR count). The van der Waals surface area contributed by atoms with Crippen LogP contribution in [-0.2, 0) is 0 Å². The molecule has 0 aromatic heterocycles. The average molecular weight is 288 g/mol. The molecule has 0 aliphatic heterocycles. The SMILES string of the molecule is CCCN(CC(C)C(N)c1ccccc1)CC(F)(F)F. The van der Waals surface area contributed by atoms with E-state index in [0.717, 1.165) is 5.56 Å². The molecule has 2 atom stereocenters. The summed E-state index contributed by atoms with van der Waals surface area (Å²) in [4.78, 5) is 1.44. The van der Waals surface area contributed by atoms with Gasteiger partial charge in [0.25, 0.3) is 0 Å². The largest absolute Gasteiger partial charge is 0.401 e. The number of hydrogen-bond donors (Lipinski definition) is 1. The quantitative estimate of drug-likeness (QED) is 0.830. The first-order valence-electron chi connectivity index (χ1n) is 6.93. The molecule has 2 nitrogen and oxygen atoms in total. The summed E-state index contributed by atoms with van der Waals surface area (Å²) in [7, 11) is 0. The van der Waals surface area contributed by atoms with E-state index < -0.39 is 12.7 Å². The Morgan fingerprint density at radius 2 is 1.80 bits per heavy atom. The zero-order valence-corrected chi connectivity index (χ0v) is 12.0. The molecule has 5 heteroatoms. The zero-order chi connectivity index (χ0) is 15.2. The first-order chi connectivity index (χ1) is 9.33. The lowest BCUT2D eigenvalue weighted by molar-refractivity contribution is -0.147. The normalized spacial score (nSPS) is 15.3. The Morgan fingerprint density at radius 1 is 1.20 bits per heavy atom. The van der Waals surface area contributed by atoms with Crippen molar-refractivity contribution in [3.8, 4) is 0 Å². The molecule has 2 N–H and O–H groups in total. The monoisotopic (exact) mass is 288 g/mol. The molecule has 0 bridgehead atoms. The van der Waals surface area contributed by atoms with Crippen LogP contribution >= 0.6 is 0 Å². The van der Waals surface area contributed by atoms with Crippen molar-refractivity contribution in [2.24, 2.45) is 11.7 Å². The highest BCUT2D eigenvalue weighted by molar-refractivity contribution is 5.19. The first kappa shape index (κ1) is 17.0. The molecular weight excluding hydrogens is 265 g/mol. The van der Waals surface area contributed by atoms with Gasteiger partial charge in [-0.3, -0.25) is 4.90 Å². The Hall–Kier alpha value is -1.07. The van der Waals surface area contributed by atoms with Gasteiger partial charge in [-0.2, -0.15) is 13.2 Å². The summed E-state index contributed by atoms with van der Waals surface area (Å²) >= 11 is 0. The molecule has 0 saturated heterocycles. The molecule has 0 aliphatic carbocycles. The van der Waals surface area contributed by atoms with Gasteiger partial charge < -0.3 is 5.73 Å². The number of halogens is 3. The third kappa shape index (κ3) is 5.92. The van der Waals surface area contributed by atoms with E-state index in [1.54, 1.807) is 0 Å². The molecular formula is C15H23F3N2. The van der Waals surface area contributed by atoms with Crippen LogP contribution in [0.4, 0.5) is 13.2 Å². The fourth-order valence-corrected chi connectivity index (χ4v) is 2.33. The van der Waals surface area contributed by atoms with Gasteiger partial charge in [-0.25, -0.2) is 0 Å². The molecule has 0 fully saturated rings. The van der Waals surface area contributed by atoms with Crippen LogP contribution in [0.25, 0.3) is 0 Å². The predicted molar refractivity (Wildman–Crippen MR) is 75.3 cm³/mol. The third-order valence-corrected chi connectivity index (χ3v) is 3.29. The van der Waals surface area contributed by atoms with Crippen molar-refractivity contribution in [2.45, 2.75) is 32.5 Å². The summed E-state index contributed by atoms with van der Waals surface area (Å²) in [6, 6.07) is 9.25. The summed E-state index contributed by atoms with van der Waals surface area (Å²) in [6.07, 6.45) is -3.46. The van der Waals surface area contributed by atoms with E-state index in [1.807, 2.05) is 44.2 Å². The van der Waals surface area contributed by atoms with Crippen molar-refractivity contribution < 1.29 is 13.2 Å². The number of hydrogen-bond acceptors (Lipinski definition) is 2. The van der Waals surface area contributed by atoms with Gasteiger partial charge in [0.2, 0.25) is 0 Å². The second-order valence-corrected chi connectivity index (χ2v) is 5.26. The lowest BCUT2D eigenvalue weighted by atomic mass is 9.95. The number of nitrogens with zero attached hydrogens (tertiary/aromatic N) is 1. The highest BCUT2D eigenvalue weighted by atomic mass is 19.4. The second-order valence-electron chi connectivity index (χ2n) is 5.26. The van der Waals surface area contributed by atoms with Gasteiger partial charge in [-0.05, 0) is 24.4 Å². The van der Waals surface area contributed by atoms with Crippen molar-refractivity contribution in [1.82, 2.24) is 4.90 Å². The van der Waals surface area contributed by atoms with E-state index in [4.69, 9.17) is 5.73 Å². The van der Waals surface area contributed by atoms with Crippen molar-refractivity contribution in [3.63, 3.8) is 0 Å². The van der Waals surface area contributed by atoms with Crippen LogP contribution in [0, 0.1) is 5.92 Å². The van der Waals surface area contributed by atoms with Gasteiger partial charge in [0.15, 0.2) is 0 Å². The topological polar surface area (TPSA) is 29.3 Å². The van der Waals surface area contributed by atoms with Crippen LogP contribution in [0.3, 0.4) is 0 Å². The van der Waals surface area contributed by atoms with Crippen LogP contribution in [0.15, 0.2) is 30.3 Å². The van der Waals surface area contributed by atoms with E-state index in [-0.39, 0.29) is 12.0 Å². The number of alkyl halides is 3. The first-order valence-corrected chi connectivity index (χ1v) is 6.93. The second kappa shape index (κ2) is 7.64. The minimum Gasteiger partial charge on any atom is -0.324 e. The lowest BCUT2D eigenvalue weighted by Gasteiger charge is -2.29. The van der Waals surface area contributed by atoms with E-state index in [2.05, 4.69) is 0 Å². The van der Waals surface area contributed by atoms with Crippen molar-refractivity contribution in [1.29, 1.82) is 0 Å². The molecule has 114 valence electrons. The highest BCUT2D eigenvalue weighted by Crippen LogP contribution is 2.22. The van der Waals surface area contributed by atoms with E-state index in [9.17, 15) is 13.2 Å². The minimum absolute atomic E-state index is 0.0358. The summed E-state index contributed by atoms with van der Waals surface area (Å²) in [5.74, 6) is -0.0358. The summed E-state index contributed by atoms with van der Waals surface area (Å²) in [6.45, 7) is 3.70. The maximum Gasteiger partial charge on any atom is 0.401 e. The molecule has 0 amide bonds. The van der Waals surface area contributed by atoms with E-state index >= 15 is 0 Å². The van der Waals surface area contributed by atoms with Crippen LogP contribution < -0.4 is 5.73 Å². The van der Waals surface area contributed by atoms with Crippen LogP contribution in [-0.4, -0.2) is 30.7 Å². The van der Waals surface area contributed by atoms with Crippen LogP contribution in [0.1, 0.15) is 31.9 Å². The summed E-state index contributed by atoms with van der Waals surface area (Å²) < 4.78 is 37.6. The zero-order valence-electron chi connectivity index (χ0n) is 12.0. The average Bonchev–Trinajstić information content (AvgIpc) is 2.37. The number of nitrogens with two attached hydrogens (primary N) is 1. The van der Waals surface area contributed by atoms with Gasteiger partial charge >= 0.3 is 6.18 Å². The smallest absolute Gasteiger partial charge is 0.324 e. The summed E-state index contributed by atoms with van der Waals surface area (Å²) in [5.41, 5.74) is 7.10.